The lowest BCUT2D eigenvalue weighted by Gasteiger charge is -2.39. The van der Waals surface area contributed by atoms with Gasteiger partial charge in [0.05, 0.1) is 42.3 Å². The molecule has 2 aromatic carbocycles. The molecule has 2 aromatic rings. The number of carboxylic acid groups (broad SMARTS) is 1. The number of aliphatic hydroxyl groups excluding tert-OH is 2. The molecule has 1 unspecified atom stereocenters. The van der Waals surface area contributed by atoms with Crippen molar-refractivity contribution in [3.63, 3.8) is 0 Å². The molecule has 2 aliphatic rings. The number of amides is 1. The van der Waals surface area contributed by atoms with Gasteiger partial charge in [0.1, 0.15) is 28.9 Å². The molecule has 2 heterocycles. The van der Waals surface area contributed by atoms with Crippen LogP contribution < -0.4 is 14.8 Å². The summed E-state index contributed by atoms with van der Waals surface area (Å²) in [5, 5.41) is 58.3. The van der Waals surface area contributed by atoms with E-state index in [1.54, 1.807) is 39.8 Å². The van der Waals surface area contributed by atoms with Crippen molar-refractivity contribution in [2.24, 2.45) is 23.7 Å². The maximum Gasteiger partial charge on any atom is 0.347 e. The third-order valence-corrected chi connectivity index (χ3v) is 9.72. The van der Waals surface area contributed by atoms with Gasteiger partial charge < -0.3 is 54.5 Å². The number of carbonyl (C=O) groups excluding carboxylic acids is 3. The van der Waals surface area contributed by atoms with Crippen LogP contribution in [0, 0.1) is 23.7 Å². The summed E-state index contributed by atoms with van der Waals surface area (Å²) in [7, 11) is 1.36. The molecule has 4 rings (SSSR count). The minimum atomic E-state index is -1.39. The maximum atomic E-state index is 13.9. The molecule has 53 heavy (non-hydrogen) atoms. The number of phenols is 2. The predicted molar refractivity (Wildman–Crippen MR) is 191 cm³/mol. The number of allylic oxidation sites excluding steroid dienone is 2. The molecule has 0 saturated heterocycles. The zero-order valence-corrected chi connectivity index (χ0v) is 30.6. The van der Waals surface area contributed by atoms with Gasteiger partial charge in [0, 0.05) is 60.3 Å². The number of esters is 2. The Kier molecular flexibility index (Phi) is 13.1. The lowest BCUT2D eigenvalue weighted by molar-refractivity contribution is -0.161. The number of aromatic hydroxyl groups is 2. The fourth-order valence-electron chi connectivity index (χ4n) is 6.89. The molecule has 0 aromatic heterocycles. The van der Waals surface area contributed by atoms with Gasteiger partial charge >= 0.3 is 17.9 Å². The van der Waals surface area contributed by atoms with Gasteiger partial charge in [-0.2, -0.15) is 0 Å². The van der Waals surface area contributed by atoms with Crippen molar-refractivity contribution in [3.8, 4) is 23.0 Å². The first kappa shape index (κ1) is 40.6. The van der Waals surface area contributed by atoms with E-state index in [4.69, 9.17) is 23.7 Å². The van der Waals surface area contributed by atoms with Crippen LogP contribution in [0.5, 0.6) is 23.0 Å². The van der Waals surface area contributed by atoms with E-state index >= 15 is 0 Å². The van der Waals surface area contributed by atoms with Crippen molar-refractivity contribution in [1.82, 2.24) is 0 Å². The lowest BCUT2D eigenvalue weighted by Crippen LogP contribution is -2.48. The summed E-state index contributed by atoms with van der Waals surface area (Å²) < 4.78 is 28.8. The molecule has 5 bridgehead atoms. The first-order valence-corrected chi connectivity index (χ1v) is 17.2. The van der Waals surface area contributed by atoms with Crippen LogP contribution in [0.4, 0.5) is 5.69 Å². The zero-order chi connectivity index (χ0) is 39.3. The van der Waals surface area contributed by atoms with E-state index in [1.807, 2.05) is 0 Å². The van der Waals surface area contributed by atoms with Crippen molar-refractivity contribution < 1.29 is 68.4 Å². The summed E-state index contributed by atoms with van der Waals surface area (Å²) in [6.07, 6.45) is 2.32. The number of cyclic esters (lactones) is 1. The molecule has 8 atom stereocenters. The number of methoxy groups -OCH3 is 1. The molecule has 1 amide bonds. The van der Waals surface area contributed by atoms with Crippen molar-refractivity contribution in [3.05, 3.63) is 53.3 Å². The smallest absolute Gasteiger partial charge is 0.347 e. The Hall–Kier alpha value is -5.12. The second kappa shape index (κ2) is 17.1. The average molecular weight is 742 g/mol. The highest BCUT2D eigenvalue weighted by Crippen LogP contribution is 2.52. The van der Waals surface area contributed by atoms with E-state index in [1.165, 1.54) is 33.1 Å². The van der Waals surface area contributed by atoms with E-state index < -0.39 is 95.4 Å². The van der Waals surface area contributed by atoms with Crippen LogP contribution in [0.15, 0.2) is 42.2 Å². The zero-order valence-electron chi connectivity index (χ0n) is 30.6. The Labute approximate surface area is 306 Å². The summed E-state index contributed by atoms with van der Waals surface area (Å²) in [5.74, 6) is -8.82. The van der Waals surface area contributed by atoms with Gasteiger partial charge in [-0.15, -0.1) is 0 Å². The number of fused-ring (bicyclic) bond motifs is 4. The average Bonchev–Trinajstić information content (AvgIpc) is 3.11. The van der Waals surface area contributed by atoms with Crippen LogP contribution in [0.2, 0.25) is 0 Å². The van der Waals surface area contributed by atoms with Crippen LogP contribution in [-0.2, 0) is 35.0 Å². The minimum absolute atomic E-state index is 0.0480. The number of aliphatic carboxylic acids is 1. The van der Waals surface area contributed by atoms with Gasteiger partial charge in [-0.05, 0) is 26.3 Å². The molecule has 288 valence electrons. The van der Waals surface area contributed by atoms with E-state index in [9.17, 15) is 44.7 Å². The number of benzene rings is 2. The summed E-state index contributed by atoms with van der Waals surface area (Å²) in [5.41, 5.74) is -0.567. The van der Waals surface area contributed by atoms with Crippen LogP contribution in [0.1, 0.15) is 57.5 Å². The van der Waals surface area contributed by atoms with Gasteiger partial charge in [0.15, 0.2) is 12.4 Å². The van der Waals surface area contributed by atoms with Crippen molar-refractivity contribution in [2.45, 2.75) is 72.4 Å². The van der Waals surface area contributed by atoms with Crippen molar-refractivity contribution >= 4 is 40.3 Å². The first-order valence-electron chi connectivity index (χ1n) is 17.2. The molecule has 15 heteroatoms. The summed E-state index contributed by atoms with van der Waals surface area (Å²) >= 11 is 0. The van der Waals surface area contributed by atoms with E-state index in [0.717, 1.165) is 12.3 Å². The van der Waals surface area contributed by atoms with Crippen LogP contribution in [-0.4, -0.2) is 94.1 Å². The molecule has 0 fully saturated rings. The van der Waals surface area contributed by atoms with Crippen LogP contribution in [0.3, 0.4) is 0 Å². The predicted octanol–water partition coefficient (Wildman–Crippen LogP) is 3.99. The number of carboxylic acids is 1. The fraction of sp³-hybridized carbons (Fsp3) is 0.474. The third-order valence-electron chi connectivity index (χ3n) is 9.72. The number of ether oxygens (including phenoxy) is 5. The number of rotatable bonds is 7. The number of hydrogen-bond donors (Lipinski definition) is 6. The molecule has 6 N–H and O–H groups in total. The molecule has 15 nitrogen and oxygen atoms in total. The van der Waals surface area contributed by atoms with Gasteiger partial charge in [0.25, 0.3) is 5.91 Å². The SMILES string of the molecule is CCOc1c2c(O)c3c(O)c4cc(OCC(=O)O)c3c1C(=O)O/C=C/[C@H](OC)[C@@H](C2)[C@@H](OC(C)=O)[C@H](C)C(O)[C@H](C)[C@@H](O)[C@@H](C)/C=C/C=C(/C)C(=O)N4. The summed E-state index contributed by atoms with van der Waals surface area (Å²) in [4.78, 5) is 51.6. The lowest BCUT2D eigenvalue weighted by atomic mass is 9.75. The van der Waals surface area contributed by atoms with Crippen molar-refractivity contribution in [2.75, 3.05) is 25.6 Å². The highest BCUT2D eigenvalue weighted by Gasteiger charge is 2.43. The first-order chi connectivity index (χ1) is 25.0. The Morgan fingerprint density at radius 1 is 1.00 bits per heavy atom. The summed E-state index contributed by atoms with van der Waals surface area (Å²) in [6, 6.07) is 1.11. The Morgan fingerprint density at radius 2 is 1.70 bits per heavy atom. The standard InChI is InChI=1S/C38H47NO14/c1-8-50-36-23-14-22-25(49-7)12-13-51-38(48)30(36)28-26(52-16-27(41)42)15-24(34(46)29(28)33(23)45)39-37(47)18(3)11-9-10-17(2)31(43)19(4)32(44)20(5)35(22)53-21(6)40/h9-13,15,17,19-20,22,25,31-32,35,43-46H,8,14,16H2,1-7H3,(H,39,47)(H,41,42)/b10-9+,13-12+,18-11-/t17-,19+,20+,22+,25-,31-,32?,35-/m0/s1. The van der Waals surface area contributed by atoms with E-state index in [-0.39, 0.29) is 52.3 Å². The highest BCUT2D eigenvalue weighted by molar-refractivity contribution is 6.17. The molecule has 0 spiro atoms. The van der Waals surface area contributed by atoms with Gasteiger partial charge in [-0.3, -0.25) is 9.59 Å². The van der Waals surface area contributed by atoms with Crippen LogP contribution in [0.25, 0.3) is 10.8 Å². The molecular weight excluding hydrogens is 694 g/mol. The third kappa shape index (κ3) is 8.58. The Bertz CT molecular complexity index is 1830. The van der Waals surface area contributed by atoms with Crippen molar-refractivity contribution in [1.29, 1.82) is 0 Å². The molecule has 0 radical (unpaired) electrons. The maximum absolute atomic E-state index is 13.9. The molecular formula is C38H47NO14. The number of aliphatic hydroxyl groups is 2. The highest BCUT2D eigenvalue weighted by atomic mass is 16.6. The quantitative estimate of drug-likeness (QED) is 0.174. The second-order valence-electron chi connectivity index (χ2n) is 13.3. The van der Waals surface area contributed by atoms with Gasteiger partial charge in [-0.1, -0.05) is 39.0 Å². The number of carbonyl (C=O) groups is 4. The Balaban J connectivity index is 2.19. The monoisotopic (exact) mass is 741 g/mol. The number of phenolic OH excluding ortho intramolecular Hbond substituents is 2. The topological polar surface area (TPSA) is 228 Å². The Morgan fingerprint density at radius 3 is 2.32 bits per heavy atom. The molecule has 2 aliphatic heterocycles. The number of hydrogen-bond acceptors (Lipinski definition) is 13. The number of nitrogens with one attached hydrogen (secondary N) is 1. The largest absolute Gasteiger partial charge is 0.507 e. The van der Waals surface area contributed by atoms with Crippen LogP contribution >= 0.6 is 0 Å². The number of anilines is 1. The van der Waals surface area contributed by atoms with E-state index in [0.29, 0.717) is 0 Å². The fourth-order valence-corrected chi connectivity index (χ4v) is 6.89. The summed E-state index contributed by atoms with van der Waals surface area (Å²) in [6.45, 7) is 8.35. The van der Waals surface area contributed by atoms with Gasteiger partial charge in [0.2, 0.25) is 0 Å². The molecule has 0 saturated carbocycles. The minimum Gasteiger partial charge on any atom is -0.507 e. The second-order valence-corrected chi connectivity index (χ2v) is 13.3. The van der Waals surface area contributed by atoms with Gasteiger partial charge in [-0.25, -0.2) is 9.59 Å². The normalized spacial score (nSPS) is 28.9. The van der Waals surface area contributed by atoms with E-state index in [2.05, 4.69) is 5.32 Å². The molecule has 0 aliphatic carbocycles.